The summed E-state index contributed by atoms with van der Waals surface area (Å²) in [5, 5.41) is 12.1. The van der Waals surface area contributed by atoms with Crippen molar-refractivity contribution in [1.82, 2.24) is 19.5 Å². The number of carboxylic acids is 1. The van der Waals surface area contributed by atoms with Crippen LogP contribution in [0.15, 0.2) is 48.9 Å². The van der Waals surface area contributed by atoms with Crippen LogP contribution in [0, 0.1) is 0 Å². The van der Waals surface area contributed by atoms with Gasteiger partial charge in [-0.3, -0.25) is 4.57 Å². The van der Waals surface area contributed by atoms with E-state index in [9.17, 15) is 4.79 Å². The van der Waals surface area contributed by atoms with Crippen LogP contribution < -0.4 is 5.32 Å². The number of hydrogen-bond acceptors (Lipinski definition) is 6. The maximum absolute atomic E-state index is 11.0. The second kappa shape index (κ2) is 6.88. The van der Waals surface area contributed by atoms with E-state index in [-0.39, 0.29) is 5.69 Å². The van der Waals surface area contributed by atoms with Crippen LogP contribution in [-0.2, 0) is 11.3 Å². The van der Waals surface area contributed by atoms with Gasteiger partial charge in [0.15, 0.2) is 5.69 Å². The third-order valence-corrected chi connectivity index (χ3v) is 3.15. The first kappa shape index (κ1) is 15.6. The number of hydrogen-bond donors (Lipinski definition) is 2. The van der Waals surface area contributed by atoms with E-state index in [2.05, 4.69) is 20.3 Å². The fraction of sp³-hybridized carbons (Fsp3) is 0.125. The highest BCUT2D eigenvalue weighted by Crippen LogP contribution is 2.16. The number of carbonyl (C=O) groups is 1. The summed E-state index contributed by atoms with van der Waals surface area (Å²) in [4.78, 5) is 23.6. The maximum atomic E-state index is 11.0. The largest absolute Gasteiger partial charge is 0.476 e. The number of rotatable bonds is 6. The standard InChI is InChI=1S/C16H15N5O3/c1-24-9-12-7-14(21-8-13(15(22)23)17-10-21)20-16(19-12)18-11-5-3-2-4-6-11/h2-8,10H,9H2,1H3,(H,22,23)(H,18,19,20). The summed E-state index contributed by atoms with van der Waals surface area (Å²) in [6.07, 6.45) is 2.79. The summed E-state index contributed by atoms with van der Waals surface area (Å²) >= 11 is 0. The zero-order valence-corrected chi connectivity index (χ0v) is 12.9. The van der Waals surface area contributed by atoms with E-state index in [0.717, 1.165) is 5.69 Å². The molecule has 8 heteroatoms. The molecule has 8 nitrogen and oxygen atoms in total. The summed E-state index contributed by atoms with van der Waals surface area (Å²) in [5.74, 6) is -0.214. The molecule has 3 rings (SSSR count). The fourth-order valence-corrected chi connectivity index (χ4v) is 2.10. The molecule has 0 unspecified atom stereocenters. The van der Waals surface area contributed by atoms with Gasteiger partial charge in [0.05, 0.1) is 12.3 Å². The molecule has 122 valence electrons. The van der Waals surface area contributed by atoms with Crippen LogP contribution in [0.25, 0.3) is 5.82 Å². The predicted molar refractivity (Wildman–Crippen MR) is 86.6 cm³/mol. The molecule has 2 heterocycles. The molecule has 0 amide bonds. The molecule has 0 fully saturated rings. The number of carboxylic acid groups (broad SMARTS) is 1. The van der Waals surface area contributed by atoms with Crippen molar-refractivity contribution >= 4 is 17.6 Å². The average Bonchev–Trinajstić information content (AvgIpc) is 3.06. The molecule has 0 saturated heterocycles. The monoisotopic (exact) mass is 325 g/mol. The minimum absolute atomic E-state index is 0.0560. The SMILES string of the molecule is COCc1cc(-n2cnc(C(=O)O)c2)nc(Nc2ccccc2)n1. The molecule has 1 aromatic carbocycles. The summed E-state index contributed by atoms with van der Waals surface area (Å²) in [5.41, 5.74) is 1.45. The Balaban J connectivity index is 1.97. The van der Waals surface area contributed by atoms with Gasteiger partial charge in [-0.1, -0.05) is 18.2 Å². The molecule has 0 spiro atoms. The number of aromatic carboxylic acids is 1. The molecule has 0 saturated carbocycles. The molecular weight excluding hydrogens is 310 g/mol. The van der Waals surface area contributed by atoms with Crippen LogP contribution in [-0.4, -0.2) is 37.7 Å². The second-order valence-electron chi connectivity index (χ2n) is 4.94. The first-order chi connectivity index (χ1) is 11.7. The molecular formula is C16H15N5O3. The van der Waals surface area contributed by atoms with Crippen molar-refractivity contribution in [2.45, 2.75) is 6.61 Å². The van der Waals surface area contributed by atoms with Crippen LogP contribution >= 0.6 is 0 Å². The van der Waals surface area contributed by atoms with Gasteiger partial charge in [-0.25, -0.2) is 14.8 Å². The number of nitrogens with one attached hydrogen (secondary N) is 1. The van der Waals surface area contributed by atoms with Crippen molar-refractivity contribution in [3.8, 4) is 5.82 Å². The van der Waals surface area contributed by atoms with Crippen LogP contribution in [0.5, 0.6) is 0 Å². The summed E-state index contributed by atoms with van der Waals surface area (Å²) < 4.78 is 6.66. The van der Waals surface area contributed by atoms with Crippen LogP contribution in [0.2, 0.25) is 0 Å². The predicted octanol–water partition coefficient (Wildman–Crippen LogP) is 2.25. The number of nitrogens with zero attached hydrogens (tertiary/aromatic N) is 4. The van der Waals surface area contributed by atoms with Gasteiger partial charge in [0.2, 0.25) is 5.95 Å². The lowest BCUT2D eigenvalue weighted by molar-refractivity contribution is 0.0691. The van der Waals surface area contributed by atoms with Gasteiger partial charge in [0, 0.05) is 25.1 Å². The third kappa shape index (κ3) is 3.55. The Kier molecular flexibility index (Phi) is 4.48. The van der Waals surface area contributed by atoms with Crippen LogP contribution in [0.4, 0.5) is 11.6 Å². The molecule has 0 radical (unpaired) electrons. The lowest BCUT2D eigenvalue weighted by Crippen LogP contribution is -2.06. The van der Waals surface area contributed by atoms with Crippen LogP contribution in [0.1, 0.15) is 16.2 Å². The van der Waals surface area contributed by atoms with Crippen molar-refractivity contribution in [2.75, 3.05) is 12.4 Å². The lowest BCUT2D eigenvalue weighted by Gasteiger charge is -2.09. The smallest absolute Gasteiger partial charge is 0.356 e. The molecule has 2 aromatic heterocycles. The molecule has 2 N–H and O–H groups in total. The van der Waals surface area contributed by atoms with Crippen molar-refractivity contribution in [1.29, 1.82) is 0 Å². The normalized spacial score (nSPS) is 10.5. The lowest BCUT2D eigenvalue weighted by atomic mass is 10.3. The van der Waals surface area contributed by atoms with Gasteiger partial charge in [0.25, 0.3) is 0 Å². The van der Waals surface area contributed by atoms with Crippen molar-refractivity contribution in [3.63, 3.8) is 0 Å². The number of para-hydroxylation sites is 1. The fourth-order valence-electron chi connectivity index (χ4n) is 2.10. The van der Waals surface area contributed by atoms with Gasteiger partial charge in [-0.2, -0.15) is 4.98 Å². The first-order valence-electron chi connectivity index (χ1n) is 7.12. The maximum Gasteiger partial charge on any atom is 0.356 e. The summed E-state index contributed by atoms with van der Waals surface area (Å²) in [7, 11) is 1.58. The number of methoxy groups -OCH3 is 1. The first-order valence-corrected chi connectivity index (χ1v) is 7.12. The summed E-state index contributed by atoms with van der Waals surface area (Å²) in [6, 6.07) is 11.2. The van der Waals surface area contributed by atoms with E-state index in [4.69, 9.17) is 9.84 Å². The average molecular weight is 325 g/mol. The quantitative estimate of drug-likeness (QED) is 0.716. The van der Waals surface area contributed by atoms with E-state index in [1.165, 1.54) is 17.1 Å². The van der Waals surface area contributed by atoms with Crippen molar-refractivity contribution in [2.24, 2.45) is 0 Å². The van der Waals surface area contributed by atoms with Gasteiger partial charge < -0.3 is 15.2 Å². The highest BCUT2D eigenvalue weighted by molar-refractivity contribution is 5.85. The van der Waals surface area contributed by atoms with E-state index in [1.54, 1.807) is 13.2 Å². The highest BCUT2D eigenvalue weighted by atomic mass is 16.5. The highest BCUT2D eigenvalue weighted by Gasteiger charge is 2.11. The Morgan fingerprint density at radius 1 is 1.29 bits per heavy atom. The van der Waals surface area contributed by atoms with E-state index in [1.807, 2.05) is 30.3 Å². The molecule has 0 bridgehead atoms. The molecule has 0 aliphatic rings. The zero-order chi connectivity index (χ0) is 16.9. The van der Waals surface area contributed by atoms with Gasteiger partial charge in [-0.15, -0.1) is 0 Å². The Labute approximate surface area is 137 Å². The zero-order valence-electron chi connectivity index (χ0n) is 12.9. The molecule has 0 aliphatic carbocycles. The Morgan fingerprint density at radius 2 is 2.08 bits per heavy atom. The Bertz CT molecular complexity index is 848. The van der Waals surface area contributed by atoms with E-state index < -0.39 is 5.97 Å². The third-order valence-electron chi connectivity index (χ3n) is 3.15. The second-order valence-corrected chi connectivity index (χ2v) is 4.94. The molecule has 24 heavy (non-hydrogen) atoms. The number of ether oxygens (including phenoxy) is 1. The minimum Gasteiger partial charge on any atom is -0.476 e. The van der Waals surface area contributed by atoms with E-state index in [0.29, 0.717) is 24.1 Å². The Hall–Kier alpha value is -3.26. The molecule has 0 atom stereocenters. The van der Waals surface area contributed by atoms with Crippen molar-refractivity contribution < 1.29 is 14.6 Å². The summed E-state index contributed by atoms with van der Waals surface area (Å²) in [6.45, 7) is 0.305. The van der Waals surface area contributed by atoms with Gasteiger partial charge >= 0.3 is 5.97 Å². The molecule has 3 aromatic rings. The van der Waals surface area contributed by atoms with Gasteiger partial charge in [0.1, 0.15) is 12.1 Å². The number of imidazole rings is 1. The van der Waals surface area contributed by atoms with E-state index >= 15 is 0 Å². The Morgan fingerprint density at radius 3 is 2.75 bits per heavy atom. The van der Waals surface area contributed by atoms with Crippen LogP contribution in [0.3, 0.4) is 0 Å². The number of benzene rings is 1. The number of aromatic nitrogens is 4. The van der Waals surface area contributed by atoms with Gasteiger partial charge in [-0.05, 0) is 12.1 Å². The minimum atomic E-state index is -1.09. The number of anilines is 2. The topological polar surface area (TPSA) is 102 Å². The van der Waals surface area contributed by atoms with Crippen molar-refractivity contribution in [3.05, 3.63) is 60.3 Å². The molecule has 0 aliphatic heterocycles.